The van der Waals surface area contributed by atoms with Crippen molar-refractivity contribution in [2.45, 2.75) is 32.7 Å². The number of hydrogen-bond acceptors (Lipinski definition) is 2. The van der Waals surface area contributed by atoms with Crippen LogP contribution in [0.3, 0.4) is 0 Å². The minimum absolute atomic E-state index is 0.0936. The SMILES string of the molecule is CCC(C(C)=O)N1CC(CBr)CC1=O. The Labute approximate surface area is 93.0 Å². The maximum absolute atomic E-state index is 11.6. The van der Waals surface area contributed by atoms with Gasteiger partial charge >= 0.3 is 0 Å². The average Bonchev–Trinajstić information content (AvgIpc) is 2.48. The quantitative estimate of drug-likeness (QED) is 0.721. The fourth-order valence-corrected chi connectivity index (χ4v) is 2.37. The first kappa shape index (κ1) is 11.7. The van der Waals surface area contributed by atoms with Gasteiger partial charge in [-0.25, -0.2) is 0 Å². The number of hydrogen-bond donors (Lipinski definition) is 0. The fourth-order valence-electron chi connectivity index (χ4n) is 1.94. The standard InChI is InChI=1S/C10H16BrNO2/c1-3-9(7(2)13)12-6-8(5-11)4-10(12)14/h8-9H,3-6H2,1-2H3. The number of likely N-dealkylation sites (tertiary alicyclic amines) is 1. The second-order valence-corrected chi connectivity index (χ2v) is 4.45. The highest BCUT2D eigenvalue weighted by atomic mass is 79.9. The molecule has 0 bridgehead atoms. The van der Waals surface area contributed by atoms with Gasteiger partial charge in [-0.3, -0.25) is 9.59 Å². The van der Waals surface area contributed by atoms with Crippen molar-refractivity contribution in [3.8, 4) is 0 Å². The van der Waals surface area contributed by atoms with Crippen LogP contribution in [0.25, 0.3) is 0 Å². The summed E-state index contributed by atoms with van der Waals surface area (Å²) >= 11 is 3.38. The lowest BCUT2D eigenvalue weighted by Gasteiger charge is -2.24. The molecule has 1 aliphatic heterocycles. The molecular formula is C10H16BrNO2. The molecule has 1 aliphatic rings. The molecule has 2 unspecified atom stereocenters. The first-order valence-electron chi connectivity index (χ1n) is 4.96. The highest BCUT2D eigenvalue weighted by Crippen LogP contribution is 2.23. The lowest BCUT2D eigenvalue weighted by molar-refractivity contribution is -0.135. The molecule has 0 N–H and O–H groups in total. The minimum atomic E-state index is -0.202. The van der Waals surface area contributed by atoms with Gasteiger partial charge in [-0.05, 0) is 19.3 Å². The molecule has 1 rings (SSSR count). The summed E-state index contributed by atoms with van der Waals surface area (Å²) in [6.45, 7) is 4.23. The molecule has 3 nitrogen and oxygen atoms in total. The molecule has 0 spiro atoms. The summed E-state index contributed by atoms with van der Waals surface area (Å²) in [6.07, 6.45) is 1.30. The fraction of sp³-hybridized carbons (Fsp3) is 0.800. The van der Waals surface area contributed by atoms with E-state index in [-0.39, 0.29) is 17.7 Å². The predicted molar refractivity (Wildman–Crippen MR) is 58.4 cm³/mol. The molecule has 1 fully saturated rings. The zero-order valence-corrected chi connectivity index (χ0v) is 10.2. The molecule has 1 saturated heterocycles. The third-order valence-corrected chi connectivity index (χ3v) is 3.60. The zero-order valence-electron chi connectivity index (χ0n) is 8.62. The van der Waals surface area contributed by atoms with Crippen molar-refractivity contribution in [3.05, 3.63) is 0 Å². The number of rotatable bonds is 4. The Kier molecular flexibility index (Phi) is 4.11. The Hall–Kier alpha value is -0.380. The first-order valence-corrected chi connectivity index (χ1v) is 6.08. The molecule has 4 heteroatoms. The third-order valence-electron chi connectivity index (χ3n) is 2.69. The summed E-state index contributed by atoms with van der Waals surface area (Å²) in [5.41, 5.74) is 0. The monoisotopic (exact) mass is 261 g/mol. The Morgan fingerprint density at radius 1 is 1.71 bits per heavy atom. The highest BCUT2D eigenvalue weighted by molar-refractivity contribution is 9.09. The number of nitrogens with zero attached hydrogens (tertiary/aromatic N) is 1. The first-order chi connectivity index (χ1) is 6.60. The van der Waals surface area contributed by atoms with E-state index in [0.717, 1.165) is 18.3 Å². The molecule has 1 heterocycles. The number of amides is 1. The highest BCUT2D eigenvalue weighted by Gasteiger charge is 2.34. The van der Waals surface area contributed by atoms with Crippen molar-refractivity contribution in [1.82, 2.24) is 4.90 Å². The Balaban J connectivity index is 2.68. The second kappa shape index (κ2) is 4.91. The average molecular weight is 262 g/mol. The summed E-state index contributed by atoms with van der Waals surface area (Å²) in [6, 6.07) is -0.202. The smallest absolute Gasteiger partial charge is 0.223 e. The topological polar surface area (TPSA) is 37.4 Å². The van der Waals surface area contributed by atoms with Gasteiger partial charge in [0.15, 0.2) is 5.78 Å². The van der Waals surface area contributed by atoms with Gasteiger partial charge in [-0.1, -0.05) is 22.9 Å². The van der Waals surface area contributed by atoms with E-state index in [9.17, 15) is 9.59 Å². The van der Waals surface area contributed by atoms with Crippen LogP contribution in [0.15, 0.2) is 0 Å². The van der Waals surface area contributed by atoms with Gasteiger partial charge in [0.05, 0.1) is 6.04 Å². The van der Waals surface area contributed by atoms with Crippen LogP contribution in [0, 0.1) is 5.92 Å². The van der Waals surface area contributed by atoms with Crippen LogP contribution in [0.2, 0.25) is 0 Å². The van der Waals surface area contributed by atoms with E-state index in [4.69, 9.17) is 0 Å². The van der Waals surface area contributed by atoms with Gasteiger partial charge in [0.1, 0.15) is 0 Å². The molecule has 0 aliphatic carbocycles. The summed E-state index contributed by atoms with van der Waals surface area (Å²) in [5, 5.41) is 0.837. The van der Waals surface area contributed by atoms with E-state index in [1.54, 1.807) is 11.8 Å². The van der Waals surface area contributed by atoms with Gasteiger partial charge in [0.2, 0.25) is 5.91 Å². The van der Waals surface area contributed by atoms with Crippen LogP contribution >= 0.6 is 15.9 Å². The second-order valence-electron chi connectivity index (χ2n) is 3.81. The van der Waals surface area contributed by atoms with Gasteiger partial charge in [-0.15, -0.1) is 0 Å². The van der Waals surface area contributed by atoms with E-state index in [1.165, 1.54) is 0 Å². The summed E-state index contributed by atoms with van der Waals surface area (Å²) in [5.74, 6) is 0.587. The van der Waals surface area contributed by atoms with E-state index in [2.05, 4.69) is 15.9 Å². The largest absolute Gasteiger partial charge is 0.332 e. The maximum atomic E-state index is 11.6. The lowest BCUT2D eigenvalue weighted by atomic mass is 10.1. The van der Waals surface area contributed by atoms with E-state index in [1.807, 2.05) is 6.92 Å². The third kappa shape index (κ3) is 2.35. The van der Waals surface area contributed by atoms with Crippen LogP contribution in [-0.4, -0.2) is 34.5 Å². The predicted octanol–water partition coefficient (Wildman–Crippen LogP) is 1.60. The minimum Gasteiger partial charge on any atom is -0.332 e. The normalized spacial score (nSPS) is 24.1. The molecule has 80 valence electrons. The van der Waals surface area contributed by atoms with E-state index in [0.29, 0.717) is 12.3 Å². The van der Waals surface area contributed by atoms with E-state index >= 15 is 0 Å². The van der Waals surface area contributed by atoms with Crippen LogP contribution in [0.5, 0.6) is 0 Å². The zero-order chi connectivity index (χ0) is 10.7. The Bertz CT molecular complexity index is 242. The molecular weight excluding hydrogens is 246 g/mol. The Morgan fingerprint density at radius 2 is 2.36 bits per heavy atom. The lowest BCUT2D eigenvalue weighted by Crippen LogP contribution is -2.40. The number of Topliss-reactive ketones (excluding diaryl/α,β-unsaturated/α-hetero) is 1. The van der Waals surface area contributed by atoms with E-state index < -0.39 is 0 Å². The van der Waals surface area contributed by atoms with Gasteiger partial charge < -0.3 is 4.90 Å². The van der Waals surface area contributed by atoms with Crippen molar-refractivity contribution >= 4 is 27.6 Å². The van der Waals surface area contributed by atoms with Gasteiger partial charge in [0, 0.05) is 18.3 Å². The van der Waals surface area contributed by atoms with Crippen molar-refractivity contribution in [1.29, 1.82) is 0 Å². The van der Waals surface area contributed by atoms with Crippen LogP contribution in [-0.2, 0) is 9.59 Å². The molecule has 14 heavy (non-hydrogen) atoms. The molecule has 0 radical (unpaired) electrons. The molecule has 0 aromatic rings. The van der Waals surface area contributed by atoms with Crippen molar-refractivity contribution < 1.29 is 9.59 Å². The number of ketones is 1. The maximum Gasteiger partial charge on any atom is 0.223 e. The molecule has 0 aromatic carbocycles. The molecule has 2 atom stereocenters. The van der Waals surface area contributed by atoms with Gasteiger partial charge in [0.25, 0.3) is 0 Å². The van der Waals surface area contributed by atoms with Crippen molar-refractivity contribution in [2.24, 2.45) is 5.92 Å². The summed E-state index contributed by atoms with van der Waals surface area (Å²) < 4.78 is 0. The summed E-state index contributed by atoms with van der Waals surface area (Å²) in [4.78, 5) is 24.6. The molecule has 0 aromatic heterocycles. The number of carbonyl (C=O) groups excluding carboxylic acids is 2. The van der Waals surface area contributed by atoms with Crippen LogP contribution in [0.4, 0.5) is 0 Å². The number of halogens is 1. The van der Waals surface area contributed by atoms with Gasteiger partial charge in [-0.2, -0.15) is 0 Å². The number of alkyl halides is 1. The molecule has 0 saturated carbocycles. The molecule has 1 amide bonds. The van der Waals surface area contributed by atoms with Crippen LogP contribution < -0.4 is 0 Å². The van der Waals surface area contributed by atoms with Crippen molar-refractivity contribution in [2.75, 3.05) is 11.9 Å². The number of carbonyl (C=O) groups is 2. The van der Waals surface area contributed by atoms with Crippen LogP contribution in [0.1, 0.15) is 26.7 Å². The Morgan fingerprint density at radius 3 is 2.71 bits per heavy atom. The van der Waals surface area contributed by atoms with Crippen molar-refractivity contribution in [3.63, 3.8) is 0 Å². The summed E-state index contributed by atoms with van der Waals surface area (Å²) in [7, 11) is 0.